The van der Waals surface area contributed by atoms with Gasteiger partial charge >= 0.3 is 70.2 Å². The summed E-state index contributed by atoms with van der Waals surface area (Å²) in [6.07, 6.45) is -5.31. The monoisotopic (exact) mass is 267 g/mol. The summed E-state index contributed by atoms with van der Waals surface area (Å²) >= 11 is 0.937. The Morgan fingerprint density at radius 3 is 2.17 bits per heavy atom. The number of amides is 1. The molecule has 12 heavy (non-hydrogen) atoms. The number of nitrogens with two attached hydrogens (primary N) is 1. The first-order valence-corrected chi connectivity index (χ1v) is 4.34. The van der Waals surface area contributed by atoms with Gasteiger partial charge in [-0.15, -0.1) is 12.4 Å². The van der Waals surface area contributed by atoms with Crippen LogP contribution in [0, 0.1) is 0 Å². The maximum atomic E-state index is 11.5. The molecule has 0 fully saturated rings. The molecule has 7 heteroatoms. The van der Waals surface area contributed by atoms with Gasteiger partial charge in [-0.05, 0) is 0 Å². The van der Waals surface area contributed by atoms with Crippen molar-refractivity contribution < 1.29 is 18.0 Å². The molecule has 0 radical (unpaired) electrons. The van der Waals surface area contributed by atoms with E-state index in [-0.39, 0.29) is 18.8 Å². The van der Waals surface area contributed by atoms with Crippen LogP contribution in [0.5, 0.6) is 0 Å². The summed E-state index contributed by atoms with van der Waals surface area (Å²) in [5.74, 6) is -0.658. The molecule has 0 spiro atoms. The summed E-state index contributed by atoms with van der Waals surface area (Å²) in [4.78, 5) is 10.3. The number of hydrogen-bond donors (Lipinski definition) is 1. The molecular weight excluding hydrogens is 257 g/mol. The fourth-order valence-electron chi connectivity index (χ4n) is 0.461. The summed E-state index contributed by atoms with van der Waals surface area (Å²) in [7, 11) is 0. The van der Waals surface area contributed by atoms with Crippen molar-refractivity contribution >= 4 is 35.2 Å². The number of primary amides is 1. The van der Waals surface area contributed by atoms with Crippen LogP contribution in [-0.4, -0.2) is 28.9 Å². The van der Waals surface area contributed by atoms with Gasteiger partial charge in [0.2, 0.25) is 0 Å². The van der Waals surface area contributed by atoms with Gasteiger partial charge in [0.15, 0.2) is 0 Å². The summed E-state index contributed by atoms with van der Waals surface area (Å²) in [5, 5.41) is 0. The van der Waals surface area contributed by atoms with Crippen LogP contribution in [0.25, 0.3) is 0 Å². The Bertz CT molecular complexity index is 152. The number of carbonyl (C=O) groups excluding carboxylic acids is 1. The van der Waals surface area contributed by atoms with E-state index in [2.05, 4.69) is 0 Å². The topological polar surface area (TPSA) is 43.1 Å². The molecule has 0 bridgehead atoms. The Labute approximate surface area is 83.0 Å². The molecular formula is C5H10AsClF3NO. The molecule has 74 valence electrons. The fraction of sp³-hybridized carbons (Fsp3) is 0.800. The van der Waals surface area contributed by atoms with Gasteiger partial charge in [0.05, 0.1) is 0 Å². The Kier molecular flexibility index (Phi) is 6.95. The second-order valence-corrected chi connectivity index (χ2v) is 3.85. The van der Waals surface area contributed by atoms with E-state index in [1.807, 2.05) is 0 Å². The molecule has 0 rings (SSSR count). The van der Waals surface area contributed by atoms with Gasteiger partial charge in [0.25, 0.3) is 0 Å². The molecule has 0 aromatic heterocycles. The van der Waals surface area contributed by atoms with Crippen molar-refractivity contribution in [2.45, 2.75) is 23.7 Å². The molecule has 0 aliphatic carbocycles. The SMILES string of the molecule is Cl.NC(=O)[C@H]([AsH2])CCC(F)(F)F. The van der Waals surface area contributed by atoms with Crippen molar-refractivity contribution in [2.75, 3.05) is 0 Å². The van der Waals surface area contributed by atoms with Gasteiger partial charge in [-0.25, -0.2) is 0 Å². The summed E-state index contributed by atoms with van der Waals surface area (Å²) < 4.78 is 34.0. The molecule has 2 nitrogen and oxygen atoms in total. The zero-order valence-corrected chi connectivity index (χ0v) is 9.34. The number of hydrogen-bond acceptors (Lipinski definition) is 1. The van der Waals surface area contributed by atoms with E-state index in [1.54, 1.807) is 0 Å². The van der Waals surface area contributed by atoms with Crippen LogP contribution in [0.2, 0.25) is 4.71 Å². The van der Waals surface area contributed by atoms with Gasteiger partial charge in [-0.2, -0.15) is 0 Å². The van der Waals surface area contributed by atoms with Crippen LogP contribution < -0.4 is 5.73 Å². The zero-order chi connectivity index (χ0) is 9.07. The number of alkyl halides is 3. The number of rotatable bonds is 3. The molecule has 1 amide bonds. The molecule has 0 aliphatic heterocycles. The molecule has 0 saturated carbocycles. The molecule has 0 aromatic carbocycles. The molecule has 0 aliphatic rings. The second-order valence-electron chi connectivity index (χ2n) is 2.16. The minimum atomic E-state index is -4.18. The van der Waals surface area contributed by atoms with Crippen molar-refractivity contribution in [2.24, 2.45) is 5.73 Å². The van der Waals surface area contributed by atoms with Crippen molar-refractivity contribution in [3.8, 4) is 0 Å². The fourth-order valence-corrected chi connectivity index (χ4v) is 0.811. The van der Waals surface area contributed by atoms with Crippen LogP contribution >= 0.6 is 12.4 Å². The first-order chi connectivity index (χ1) is 4.83. The Morgan fingerprint density at radius 2 is 1.92 bits per heavy atom. The van der Waals surface area contributed by atoms with E-state index in [0.717, 1.165) is 16.9 Å². The average Bonchev–Trinajstić information content (AvgIpc) is 1.80. The summed E-state index contributed by atoms with van der Waals surface area (Å²) in [6.45, 7) is 0. The van der Waals surface area contributed by atoms with Crippen molar-refractivity contribution in [1.29, 1.82) is 0 Å². The molecule has 2 N–H and O–H groups in total. The van der Waals surface area contributed by atoms with Gasteiger partial charge in [0.1, 0.15) is 0 Å². The van der Waals surface area contributed by atoms with E-state index >= 15 is 0 Å². The predicted octanol–water partition coefficient (Wildman–Crippen LogP) is 0.658. The Balaban J connectivity index is 0. The molecule has 0 heterocycles. The van der Waals surface area contributed by atoms with E-state index in [4.69, 9.17) is 5.73 Å². The van der Waals surface area contributed by atoms with Gasteiger partial charge in [-0.3, -0.25) is 0 Å². The van der Waals surface area contributed by atoms with Crippen LogP contribution in [-0.2, 0) is 4.79 Å². The maximum absolute atomic E-state index is 11.5. The standard InChI is InChI=1S/C5H9AsF3NO.ClH/c6-3(4(10)11)1-2-5(7,8)9;/h3H,1-2,6H2,(H2,10,11);1H/t3-;/m1./s1. The predicted molar refractivity (Wildman–Crippen MR) is 44.0 cm³/mol. The normalized spacial score (nSPS) is 13.3. The quantitative estimate of drug-likeness (QED) is 0.750. The van der Waals surface area contributed by atoms with Crippen LogP contribution in [0.1, 0.15) is 12.8 Å². The number of halogens is 4. The van der Waals surface area contributed by atoms with Crippen LogP contribution in [0.4, 0.5) is 13.2 Å². The third kappa shape index (κ3) is 8.21. The molecule has 0 saturated heterocycles. The Hall–Kier alpha value is 0.108. The van der Waals surface area contributed by atoms with E-state index in [0.29, 0.717) is 0 Å². The van der Waals surface area contributed by atoms with E-state index in [1.165, 1.54) is 0 Å². The van der Waals surface area contributed by atoms with Gasteiger partial charge in [0, 0.05) is 0 Å². The van der Waals surface area contributed by atoms with Crippen molar-refractivity contribution in [3.05, 3.63) is 0 Å². The first kappa shape index (κ1) is 14.6. The van der Waals surface area contributed by atoms with Crippen LogP contribution in [0.15, 0.2) is 0 Å². The van der Waals surface area contributed by atoms with Crippen LogP contribution in [0.3, 0.4) is 0 Å². The summed E-state index contributed by atoms with van der Waals surface area (Å²) in [5.41, 5.74) is 4.77. The minimum absolute atomic E-state index is 0. The van der Waals surface area contributed by atoms with Crippen molar-refractivity contribution in [3.63, 3.8) is 0 Å². The summed E-state index contributed by atoms with van der Waals surface area (Å²) in [6, 6.07) is 0. The third-order valence-corrected chi connectivity index (χ3v) is 2.49. The molecule has 2 atom stereocenters. The molecule has 1 unspecified atom stereocenters. The zero-order valence-electron chi connectivity index (χ0n) is 6.10. The Morgan fingerprint density at radius 1 is 1.50 bits per heavy atom. The number of carbonyl (C=O) groups is 1. The van der Waals surface area contributed by atoms with E-state index in [9.17, 15) is 18.0 Å². The van der Waals surface area contributed by atoms with Gasteiger partial charge in [-0.1, -0.05) is 0 Å². The van der Waals surface area contributed by atoms with Gasteiger partial charge < -0.3 is 0 Å². The molecule has 0 aromatic rings. The van der Waals surface area contributed by atoms with Crippen molar-refractivity contribution in [1.82, 2.24) is 0 Å². The second kappa shape index (κ2) is 5.70. The first-order valence-electron chi connectivity index (χ1n) is 2.94. The average molecular weight is 268 g/mol. The third-order valence-electron chi connectivity index (χ3n) is 1.10. The van der Waals surface area contributed by atoms with E-state index < -0.39 is 23.2 Å².